The molecule has 0 fully saturated rings. The van der Waals surface area contributed by atoms with E-state index in [0.29, 0.717) is 19.3 Å². The molecule has 366 valence electrons. The van der Waals surface area contributed by atoms with Gasteiger partial charge < -0.3 is 23.8 Å². The molecule has 2 atom stereocenters. The van der Waals surface area contributed by atoms with E-state index in [1.807, 2.05) is 21.1 Å². The number of carboxylic acids is 1. The quantitative estimate of drug-likeness (QED) is 0.0214. The Hall–Kier alpha value is -3.49. The fourth-order valence-corrected chi connectivity index (χ4v) is 7.11. The Morgan fingerprint density at radius 1 is 0.484 bits per heavy atom. The van der Waals surface area contributed by atoms with Gasteiger partial charge in [0, 0.05) is 19.3 Å². The zero-order valence-electron chi connectivity index (χ0n) is 41.7. The molecule has 0 amide bonds. The number of allylic oxidation sites excluding steroid dienone is 14. The van der Waals surface area contributed by atoms with Crippen molar-refractivity contribution in [3.63, 3.8) is 0 Å². The van der Waals surface area contributed by atoms with Crippen molar-refractivity contribution in [2.75, 3.05) is 41.0 Å². The van der Waals surface area contributed by atoms with Crippen molar-refractivity contribution >= 4 is 17.9 Å². The lowest BCUT2D eigenvalue weighted by Gasteiger charge is -2.31. The number of carbonyl (C=O) groups is 3. The van der Waals surface area contributed by atoms with Gasteiger partial charge in [-0.25, -0.2) is 4.79 Å². The number of rotatable bonds is 45. The topological polar surface area (TPSA) is 99.1 Å². The van der Waals surface area contributed by atoms with E-state index in [1.165, 1.54) is 83.5 Å². The zero-order valence-corrected chi connectivity index (χ0v) is 41.7. The Labute approximate surface area is 393 Å². The maximum absolute atomic E-state index is 12.8. The molecule has 0 bridgehead atoms. The zero-order chi connectivity index (χ0) is 47.0. The van der Waals surface area contributed by atoms with Crippen LogP contribution in [0.4, 0.5) is 0 Å². The van der Waals surface area contributed by atoms with Gasteiger partial charge in [0.1, 0.15) is 6.61 Å². The smallest absolute Gasteiger partial charge is 0.362 e. The van der Waals surface area contributed by atoms with Crippen molar-refractivity contribution in [2.45, 2.75) is 212 Å². The number of carboxylic acid groups (broad SMARTS) is 1. The molecule has 8 heteroatoms. The maximum atomic E-state index is 12.8. The Bertz CT molecular complexity index is 1320. The van der Waals surface area contributed by atoms with Crippen LogP contribution in [-0.2, 0) is 28.6 Å². The summed E-state index contributed by atoms with van der Waals surface area (Å²) in [4.78, 5) is 37.2. The van der Waals surface area contributed by atoms with Gasteiger partial charge in [-0.1, -0.05) is 189 Å². The summed E-state index contributed by atoms with van der Waals surface area (Å²) in [6.45, 7) is 4.64. The van der Waals surface area contributed by atoms with Crippen LogP contribution in [0.1, 0.15) is 200 Å². The maximum Gasteiger partial charge on any atom is 0.362 e. The molecule has 0 aromatic heterocycles. The summed E-state index contributed by atoms with van der Waals surface area (Å²) >= 11 is 0. The monoisotopic (exact) mass is 895 g/mol. The summed E-state index contributed by atoms with van der Waals surface area (Å²) in [6.07, 6.45) is 60.5. The summed E-state index contributed by atoms with van der Waals surface area (Å²) in [7, 11) is 5.52. The van der Waals surface area contributed by atoms with Crippen LogP contribution in [0.3, 0.4) is 0 Å². The molecule has 0 aromatic rings. The van der Waals surface area contributed by atoms with E-state index in [2.05, 4.69) is 98.9 Å². The molecule has 64 heavy (non-hydrogen) atoms. The van der Waals surface area contributed by atoms with E-state index >= 15 is 0 Å². The highest BCUT2D eigenvalue weighted by Crippen LogP contribution is 2.14. The average Bonchev–Trinajstić information content (AvgIpc) is 3.26. The Morgan fingerprint density at radius 3 is 1.36 bits per heavy atom. The van der Waals surface area contributed by atoms with Crippen molar-refractivity contribution in [1.82, 2.24) is 0 Å². The summed E-state index contributed by atoms with van der Waals surface area (Å²) in [6, 6.07) is -0.625. The SMILES string of the molecule is CCCCC/C=C/C=C/C=C/C=C/CCCCCCCC(=O)OCC(COCCC(C(=O)O)[N+](C)(C)C)OC(=O)CCCCCCCCCCC/C=C/C/C=C/C/C=C/CCCCC. The summed E-state index contributed by atoms with van der Waals surface area (Å²) < 4.78 is 17.3. The lowest BCUT2D eigenvalue weighted by molar-refractivity contribution is -0.887. The van der Waals surface area contributed by atoms with Gasteiger partial charge in [0.25, 0.3) is 0 Å². The summed E-state index contributed by atoms with van der Waals surface area (Å²) in [5.74, 6) is -1.51. The van der Waals surface area contributed by atoms with Gasteiger partial charge in [0.15, 0.2) is 12.1 Å². The van der Waals surface area contributed by atoms with Gasteiger partial charge in [-0.15, -0.1) is 0 Å². The largest absolute Gasteiger partial charge is 0.477 e. The summed E-state index contributed by atoms with van der Waals surface area (Å²) in [5.41, 5.74) is 0. The minimum Gasteiger partial charge on any atom is -0.477 e. The van der Waals surface area contributed by atoms with Crippen LogP contribution in [0.5, 0.6) is 0 Å². The molecule has 1 N–H and O–H groups in total. The second-order valence-electron chi connectivity index (χ2n) is 18.2. The van der Waals surface area contributed by atoms with Crippen molar-refractivity contribution < 1.29 is 38.2 Å². The molecule has 0 saturated carbocycles. The number of hydrogen-bond acceptors (Lipinski definition) is 6. The molecule has 0 rings (SSSR count). The highest BCUT2D eigenvalue weighted by atomic mass is 16.6. The Kier molecular flexibility index (Phi) is 43.5. The van der Waals surface area contributed by atoms with Crippen molar-refractivity contribution in [3.05, 3.63) is 85.1 Å². The number of aliphatic carboxylic acids is 1. The van der Waals surface area contributed by atoms with Crippen LogP contribution >= 0.6 is 0 Å². The predicted molar refractivity (Wildman–Crippen MR) is 270 cm³/mol. The van der Waals surface area contributed by atoms with Gasteiger partial charge in [0.05, 0.1) is 34.4 Å². The van der Waals surface area contributed by atoms with E-state index in [9.17, 15) is 19.5 Å². The van der Waals surface area contributed by atoms with Crippen molar-refractivity contribution in [3.8, 4) is 0 Å². The highest BCUT2D eigenvalue weighted by molar-refractivity contribution is 5.72. The second kappa shape index (κ2) is 46.1. The third kappa shape index (κ3) is 43.7. The number of carbonyl (C=O) groups excluding carboxylic acids is 2. The fraction of sp³-hybridized carbons (Fsp3) is 0.696. The van der Waals surface area contributed by atoms with E-state index in [-0.39, 0.29) is 36.2 Å². The molecule has 0 radical (unpaired) electrons. The lowest BCUT2D eigenvalue weighted by Crippen LogP contribution is -2.50. The fourth-order valence-electron chi connectivity index (χ4n) is 7.11. The molecule has 8 nitrogen and oxygen atoms in total. The van der Waals surface area contributed by atoms with Gasteiger partial charge in [0.2, 0.25) is 0 Å². The molecular formula is C56H96NO7+. The molecule has 0 aliphatic carbocycles. The molecule has 0 aromatic carbocycles. The average molecular weight is 895 g/mol. The third-order valence-corrected chi connectivity index (χ3v) is 11.1. The van der Waals surface area contributed by atoms with Crippen LogP contribution in [0.2, 0.25) is 0 Å². The summed E-state index contributed by atoms with van der Waals surface area (Å²) in [5, 5.41) is 9.65. The molecule has 0 aliphatic heterocycles. The molecule has 0 aliphatic rings. The van der Waals surface area contributed by atoms with Gasteiger partial charge in [-0.05, 0) is 77.0 Å². The van der Waals surface area contributed by atoms with Crippen LogP contribution in [0.25, 0.3) is 0 Å². The number of quaternary nitrogens is 1. The lowest BCUT2D eigenvalue weighted by atomic mass is 10.1. The normalized spacial score (nSPS) is 13.6. The second-order valence-corrected chi connectivity index (χ2v) is 18.2. The first-order chi connectivity index (χ1) is 31.1. The van der Waals surface area contributed by atoms with Gasteiger partial charge in [-0.2, -0.15) is 0 Å². The molecule has 0 heterocycles. The molecular weight excluding hydrogens is 799 g/mol. The van der Waals surface area contributed by atoms with Crippen LogP contribution in [0.15, 0.2) is 85.1 Å². The first kappa shape index (κ1) is 60.5. The molecule has 0 spiro atoms. The van der Waals surface area contributed by atoms with Crippen LogP contribution in [0, 0.1) is 0 Å². The minimum absolute atomic E-state index is 0.0466. The number of esters is 2. The van der Waals surface area contributed by atoms with E-state index in [4.69, 9.17) is 14.2 Å². The van der Waals surface area contributed by atoms with Gasteiger partial charge >= 0.3 is 17.9 Å². The first-order valence-electron chi connectivity index (χ1n) is 25.7. The standard InChI is InChI=1S/C56H95NO7/c1-6-8-10-12-14-16-18-20-22-24-26-27-28-29-31-33-35-37-39-41-43-45-47-55(59)64-52(50-62-49-48-53(56(60)61)57(3,4)5)51-63-54(58)46-44-42-40-38-36-34-32-30-25-23-21-19-17-15-13-11-9-7-2/h14-17,19-23,25-27,30,32,52-53H,6-13,18,24,28-29,31,33-51H2,1-5H3/p+1/b16-14+,17-15+,21-19+,22-20+,25-23+,27-26+,32-30+. The number of ether oxygens (including phenoxy) is 3. The predicted octanol–water partition coefficient (Wildman–Crippen LogP) is 14.9. The third-order valence-electron chi connectivity index (χ3n) is 11.1. The number of nitrogens with zero attached hydrogens (tertiary/aromatic N) is 1. The minimum atomic E-state index is -0.882. The van der Waals surface area contributed by atoms with E-state index in [1.54, 1.807) is 0 Å². The molecule has 0 saturated heterocycles. The van der Waals surface area contributed by atoms with Crippen molar-refractivity contribution in [2.24, 2.45) is 0 Å². The first-order valence-corrected chi connectivity index (χ1v) is 25.7. The number of unbranched alkanes of at least 4 members (excludes halogenated alkanes) is 20. The van der Waals surface area contributed by atoms with E-state index < -0.39 is 18.1 Å². The van der Waals surface area contributed by atoms with Crippen LogP contribution in [-0.4, -0.2) is 80.6 Å². The highest BCUT2D eigenvalue weighted by Gasteiger charge is 2.31. The number of likely N-dealkylation sites (N-methyl/N-ethyl adjacent to an activating group) is 1. The Morgan fingerprint density at radius 2 is 0.891 bits per heavy atom. The molecule has 2 unspecified atom stereocenters. The van der Waals surface area contributed by atoms with E-state index in [0.717, 1.165) is 83.5 Å². The number of hydrogen-bond donors (Lipinski definition) is 1. The van der Waals surface area contributed by atoms with Crippen molar-refractivity contribution in [1.29, 1.82) is 0 Å². The van der Waals surface area contributed by atoms with Gasteiger partial charge in [-0.3, -0.25) is 9.59 Å². The van der Waals surface area contributed by atoms with Crippen LogP contribution < -0.4 is 0 Å². The Balaban J connectivity index is 4.32.